The zero-order chi connectivity index (χ0) is 17.1. The molecule has 0 aliphatic carbocycles. The lowest BCUT2D eigenvalue weighted by molar-refractivity contribution is -0.0805. The van der Waals surface area contributed by atoms with E-state index < -0.39 is 0 Å². The molecular weight excluding hydrogens is 326 g/mol. The van der Waals surface area contributed by atoms with E-state index in [9.17, 15) is 5.11 Å². The first-order chi connectivity index (χ1) is 11.6. The van der Waals surface area contributed by atoms with Crippen molar-refractivity contribution in [1.29, 1.82) is 0 Å². The van der Waals surface area contributed by atoms with Crippen LogP contribution in [0.1, 0.15) is 23.7 Å². The van der Waals surface area contributed by atoms with E-state index in [-0.39, 0.29) is 12.7 Å². The van der Waals surface area contributed by atoms with Crippen LogP contribution in [-0.2, 0) is 17.8 Å². The van der Waals surface area contributed by atoms with Crippen molar-refractivity contribution in [2.75, 3.05) is 19.8 Å². The minimum Gasteiger partial charge on any atom is -0.394 e. The molecule has 2 aromatic rings. The molecule has 1 fully saturated rings. The predicted octanol–water partition coefficient (Wildman–Crippen LogP) is 2.47. The van der Waals surface area contributed by atoms with E-state index in [0.717, 1.165) is 17.8 Å². The average molecular weight is 350 g/mol. The topological polar surface area (TPSA) is 50.5 Å². The molecule has 0 spiro atoms. The molecule has 1 saturated heterocycles. The van der Waals surface area contributed by atoms with E-state index in [2.05, 4.69) is 29.1 Å². The largest absolute Gasteiger partial charge is 0.394 e. The fraction of sp³-hybridized carbons (Fsp3) is 0.500. The Morgan fingerprint density at radius 3 is 2.75 bits per heavy atom. The summed E-state index contributed by atoms with van der Waals surface area (Å²) in [6, 6.07) is 10.5. The molecule has 1 N–H and O–H groups in total. The van der Waals surface area contributed by atoms with Crippen molar-refractivity contribution < 1.29 is 9.84 Å². The Balaban J connectivity index is 1.76. The molecule has 0 bridgehead atoms. The number of aliphatic hydroxyl groups is 1. The molecule has 1 aromatic carbocycles. The molecule has 1 aliphatic rings. The first kappa shape index (κ1) is 17.4. The third-order valence-electron chi connectivity index (χ3n) is 4.56. The molecule has 2 unspecified atom stereocenters. The summed E-state index contributed by atoms with van der Waals surface area (Å²) >= 11 is 6.61. The second kappa shape index (κ2) is 7.66. The molecular formula is C18H24ClN3O2. The Hall–Kier alpha value is -1.40. The van der Waals surface area contributed by atoms with Crippen LogP contribution in [0.15, 0.2) is 30.3 Å². The summed E-state index contributed by atoms with van der Waals surface area (Å²) in [5, 5.41) is 14.6. The van der Waals surface area contributed by atoms with Crippen molar-refractivity contribution >= 4 is 11.6 Å². The standard InChI is InChI=1S/C18H24ClN3O2/c1-13-12-24-16(11-23)9-21(13)10-17-14(2)20-22(18(17)19)8-15-6-4-3-5-7-15/h3-7,13,16,23H,8-12H2,1-2H3. The van der Waals surface area contributed by atoms with Crippen LogP contribution in [0.5, 0.6) is 0 Å². The van der Waals surface area contributed by atoms with Crippen LogP contribution in [0.4, 0.5) is 0 Å². The summed E-state index contributed by atoms with van der Waals surface area (Å²) in [5.74, 6) is 0. The number of nitrogens with zero attached hydrogens (tertiary/aromatic N) is 3. The zero-order valence-electron chi connectivity index (χ0n) is 14.2. The smallest absolute Gasteiger partial charge is 0.132 e. The van der Waals surface area contributed by atoms with Crippen LogP contribution in [0, 0.1) is 6.92 Å². The lowest BCUT2D eigenvalue weighted by Gasteiger charge is -2.37. The van der Waals surface area contributed by atoms with Crippen LogP contribution < -0.4 is 0 Å². The molecule has 1 aromatic heterocycles. The van der Waals surface area contributed by atoms with Gasteiger partial charge in [0.25, 0.3) is 0 Å². The van der Waals surface area contributed by atoms with Crippen molar-refractivity contribution in [2.45, 2.75) is 39.1 Å². The summed E-state index contributed by atoms with van der Waals surface area (Å²) in [6.07, 6.45) is -0.125. The molecule has 0 saturated carbocycles. The molecule has 2 atom stereocenters. The number of benzene rings is 1. The van der Waals surface area contributed by atoms with Gasteiger partial charge in [-0.05, 0) is 19.4 Å². The van der Waals surface area contributed by atoms with E-state index in [1.54, 1.807) is 0 Å². The van der Waals surface area contributed by atoms with Gasteiger partial charge in [0.1, 0.15) is 5.15 Å². The van der Waals surface area contributed by atoms with E-state index in [1.807, 2.05) is 29.8 Å². The third-order valence-corrected chi connectivity index (χ3v) is 4.98. The van der Waals surface area contributed by atoms with Gasteiger partial charge in [0, 0.05) is 24.7 Å². The van der Waals surface area contributed by atoms with Crippen molar-refractivity contribution in [3.8, 4) is 0 Å². The van der Waals surface area contributed by atoms with E-state index in [0.29, 0.717) is 30.9 Å². The van der Waals surface area contributed by atoms with Gasteiger partial charge >= 0.3 is 0 Å². The van der Waals surface area contributed by atoms with Gasteiger partial charge in [0.2, 0.25) is 0 Å². The highest BCUT2D eigenvalue weighted by molar-refractivity contribution is 6.30. The van der Waals surface area contributed by atoms with Gasteiger partial charge in [-0.15, -0.1) is 0 Å². The van der Waals surface area contributed by atoms with Crippen LogP contribution in [0.3, 0.4) is 0 Å². The quantitative estimate of drug-likeness (QED) is 0.901. The number of hydrogen-bond acceptors (Lipinski definition) is 4. The summed E-state index contributed by atoms with van der Waals surface area (Å²) < 4.78 is 7.46. The maximum absolute atomic E-state index is 9.34. The van der Waals surface area contributed by atoms with Gasteiger partial charge < -0.3 is 9.84 Å². The number of halogens is 1. The second-order valence-electron chi connectivity index (χ2n) is 6.41. The van der Waals surface area contributed by atoms with E-state index in [1.165, 1.54) is 5.56 Å². The molecule has 0 amide bonds. The lowest BCUT2D eigenvalue weighted by Crippen LogP contribution is -2.48. The number of rotatable bonds is 5. The SMILES string of the molecule is Cc1nn(Cc2ccccc2)c(Cl)c1CN1CC(CO)OCC1C. The number of aryl methyl sites for hydroxylation is 1. The number of aliphatic hydroxyl groups excluding tert-OH is 1. The molecule has 3 rings (SSSR count). The molecule has 130 valence electrons. The predicted molar refractivity (Wildman–Crippen MR) is 94.2 cm³/mol. The average Bonchev–Trinajstić information content (AvgIpc) is 2.85. The Morgan fingerprint density at radius 1 is 1.29 bits per heavy atom. The number of hydrogen-bond donors (Lipinski definition) is 1. The summed E-state index contributed by atoms with van der Waals surface area (Å²) in [7, 11) is 0. The Morgan fingerprint density at radius 2 is 2.04 bits per heavy atom. The van der Waals surface area contributed by atoms with Gasteiger partial charge in [-0.1, -0.05) is 41.9 Å². The van der Waals surface area contributed by atoms with Crippen molar-refractivity contribution in [3.63, 3.8) is 0 Å². The maximum Gasteiger partial charge on any atom is 0.132 e. The molecule has 1 aliphatic heterocycles. The Kier molecular flexibility index (Phi) is 5.56. The number of ether oxygens (including phenoxy) is 1. The van der Waals surface area contributed by atoms with Gasteiger partial charge in [0.05, 0.1) is 31.6 Å². The molecule has 6 heteroatoms. The highest BCUT2D eigenvalue weighted by Crippen LogP contribution is 2.25. The van der Waals surface area contributed by atoms with Crippen LogP contribution in [-0.4, -0.2) is 51.7 Å². The van der Waals surface area contributed by atoms with E-state index in [4.69, 9.17) is 16.3 Å². The van der Waals surface area contributed by atoms with Gasteiger partial charge in [0.15, 0.2) is 0 Å². The fourth-order valence-electron chi connectivity index (χ4n) is 3.04. The molecule has 24 heavy (non-hydrogen) atoms. The van der Waals surface area contributed by atoms with Crippen LogP contribution in [0.2, 0.25) is 5.15 Å². The van der Waals surface area contributed by atoms with Crippen molar-refractivity contribution in [3.05, 3.63) is 52.3 Å². The van der Waals surface area contributed by atoms with Gasteiger partial charge in [-0.25, -0.2) is 4.68 Å². The molecule has 5 nitrogen and oxygen atoms in total. The van der Waals surface area contributed by atoms with Crippen molar-refractivity contribution in [1.82, 2.24) is 14.7 Å². The minimum atomic E-state index is -0.125. The Labute approximate surface area is 147 Å². The minimum absolute atomic E-state index is 0.0448. The lowest BCUT2D eigenvalue weighted by atomic mass is 10.1. The molecule has 2 heterocycles. The zero-order valence-corrected chi connectivity index (χ0v) is 14.9. The second-order valence-corrected chi connectivity index (χ2v) is 6.77. The van der Waals surface area contributed by atoms with Crippen molar-refractivity contribution in [2.24, 2.45) is 0 Å². The first-order valence-electron chi connectivity index (χ1n) is 8.30. The highest BCUT2D eigenvalue weighted by atomic mass is 35.5. The van der Waals surface area contributed by atoms with Gasteiger partial charge in [-0.2, -0.15) is 5.10 Å². The Bertz CT molecular complexity index is 674. The number of morpholine rings is 1. The first-order valence-corrected chi connectivity index (χ1v) is 8.68. The third kappa shape index (κ3) is 3.81. The maximum atomic E-state index is 9.34. The van der Waals surface area contributed by atoms with Crippen LogP contribution in [0.25, 0.3) is 0 Å². The summed E-state index contributed by atoms with van der Waals surface area (Å²) in [4.78, 5) is 2.30. The number of aromatic nitrogens is 2. The molecule has 0 radical (unpaired) electrons. The normalized spacial score (nSPS) is 22.0. The van der Waals surface area contributed by atoms with E-state index >= 15 is 0 Å². The fourth-order valence-corrected chi connectivity index (χ4v) is 3.33. The highest BCUT2D eigenvalue weighted by Gasteiger charge is 2.27. The summed E-state index contributed by atoms with van der Waals surface area (Å²) in [6.45, 7) is 6.89. The monoisotopic (exact) mass is 349 g/mol. The van der Waals surface area contributed by atoms with Gasteiger partial charge in [-0.3, -0.25) is 4.90 Å². The summed E-state index contributed by atoms with van der Waals surface area (Å²) in [5.41, 5.74) is 3.18. The van der Waals surface area contributed by atoms with Crippen LogP contribution >= 0.6 is 11.6 Å².